The molecule has 10 nitrogen and oxygen atoms in total. The van der Waals surface area contributed by atoms with Crippen molar-refractivity contribution in [2.45, 2.75) is 44.2 Å². The number of amides is 1. The molecule has 4 heterocycles. The van der Waals surface area contributed by atoms with Crippen molar-refractivity contribution in [2.24, 2.45) is 5.92 Å². The van der Waals surface area contributed by atoms with E-state index < -0.39 is 0 Å². The lowest BCUT2D eigenvalue weighted by Crippen LogP contribution is -2.55. The Morgan fingerprint density at radius 3 is 2.61 bits per heavy atom. The van der Waals surface area contributed by atoms with E-state index in [4.69, 9.17) is 0 Å². The number of nitrogens with one attached hydrogen (secondary N) is 2. The van der Waals surface area contributed by atoms with Gasteiger partial charge in [-0.1, -0.05) is 24.2 Å². The molecule has 2 atom stereocenters. The zero-order valence-electron chi connectivity index (χ0n) is 19.2. The fourth-order valence-corrected chi connectivity index (χ4v) is 6.01. The molecule has 5 rings (SSSR count). The third-order valence-corrected chi connectivity index (χ3v) is 7.87. The fraction of sp³-hybridized carbons (Fsp3) is 0.682. The summed E-state index contributed by atoms with van der Waals surface area (Å²) in [5.74, 6) is 1.40. The minimum atomic E-state index is -0.0723. The summed E-state index contributed by atoms with van der Waals surface area (Å²) >= 11 is 1.41. The molecule has 1 unspecified atom stereocenters. The summed E-state index contributed by atoms with van der Waals surface area (Å²) in [5, 5.41) is 24.6. The fourth-order valence-electron chi connectivity index (χ4n) is 5.29. The molecule has 11 heteroatoms. The lowest BCUT2D eigenvalue weighted by Gasteiger charge is -2.39. The van der Waals surface area contributed by atoms with Gasteiger partial charge in [0.15, 0.2) is 5.82 Å². The molecule has 1 aliphatic carbocycles. The van der Waals surface area contributed by atoms with Crippen LogP contribution in [0.2, 0.25) is 0 Å². The van der Waals surface area contributed by atoms with Gasteiger partial charge in [-0.3, -0.25) is 15.0 Å². The monoisotopic (exact) mass is 471 g/mol. The number of carbonyl (C=O) groups is 1. The van der Waals surface area contributed by atoms with E-state index in [1.54, 1.807) is 6.20 Å². The summed E-state index contributed by atoms with van der Waals surface area (Å²) in [6, 6.07) is 4.08. The summed E-state index contributed by atoms with van der Waals surface area (Å²) in [5.41, 5.74) is 0. The van der Waals surface area contributed by atoms with Crippen LogP contribution in [0.3, 0.4) is 0 Å². The van der Waals surface area contributed by atoms with Crippen LogP contribution >= 0.6 is 11.3 Å². The minimum absolute atomic E-state index is 0.0723. The van der Waals surface area contributed by atoms with E-state index in [1.165, 1.54) is 24.2 Å². The maximum atomic E-state index is 13.4. The highest BCUT2D eigenvalue weighted by molar-refractivity contribution is 7.19. The Bertz CT molecular complexity index is 912. The number of rotatable bonds is 7. The quantitative estimate of drug-likeness (QED) is 0.625. The Balaban J connectivity index is 1.18. The van der Waals surface area contributed by atoms with Crippen LogP contribution in [0.4, 0.5) is 16.1 Å². The lowest BCUT2D eigenvalue weighted by atomic mass is 9.95. The van der Waals surface area contributed by atoms with Crippen LogP contribution in [0.5, 0.6) is 0 Å². The number of piperazine rings is 1. The second kappa shape index (κ2) is 10.3. The van der Waals surface area contributed by atoms with Crippen molar-refractivity contribution in [1.29, 1.82) is 0 Å². The molecule has 1 saturated carbocycles. The van der Waals surface area contributed by atoms with Crippen LogP contribution in [-0.2, 0) is 4.79 Å². The van der Waals surface area contributed by atoms with Crippen molar-refractivity contribution in [1.82, 2.24) is 30.2 Å². The highest BCUT2D eigenvalue weighted by atomic mass is 32.1. The Morgan fingerprint density at radius 2 is 1.85 bits per heavy atom. The Morgan fingerprint density at radius 1 is 1.06 bits per heavy atom. The Kier molecular flexibility index (Phi) is 6.98. The van der Waals surface area contributed by atoms with E-state index in [1.807, 2.05) is 12.1 Å². The average Bonchev–Trinajstić information content (AvgIpc) is 3.60. The van der Waals surface area contributed by atoms with Gasteiger partial charge in [0.05, 0.1) is 6.04 Å². The van der Waals surface area contributed by atoms with Crippen molar-refractivity contribution in [3.8, 4) is 0 Å². The second-order valence-corrected chi connectivity index (χ2v) is 10.4. The number of carbonyl (C=O) groups excluding carboxylic acids is 1. The van der Waals surface area contributed by atoms with Crippen molar-refractivity contribution >= 4 is 33.3 Å². The van der Waals surface area contributed by atoms with Crippen molar-refractivity contribution in [3.05, 3.63) is 18.3 Å². The normalized spacial score (nSPS) is 23.7. The first-order valence-electron chi connectivity index (χ1n) is 12.0. The first kappa shape index (κ1) is 22.4. The first-order valence-corrected chi connectivity index (χ1v) is 12.8. The Hall–Kier alpha value is -2.37. The maximum Gasteiger partial charge on any atom is 0.243 e. The van der Waals surface area contributed by atoms with Gasteiger partial charge >= 0.3 is 0 Å². The van der Waals surface area contributed by atoms with E-state index in [0.717, 1.165) is 69.5 Å². The number of likely N-dealkylation sites (N-methyl/N-ethyl adjacent to an activating group) is 1. The van der Waals surface area contributed by atoms with E-state index in [2.05, 4.69) is 52.8 Å². The van der Waals surface area contributed by atoms with Crippen LogP contribution in [0, 0.1) is 5.92 Å². The standard InChI is InChI=1S/C22H33N9OS/c1-29-11-13-30(14-12-29)19(16-5-2-3-6-16)20(32)25-22-28-27-21(33-22)24-17-8-10-31(15-17)18-7-4-9-23-26-18/h4,7,9,16-17,19H,2-3,5-6,8,10-15H2,1H3,(H,24,27)(H,25,28,32)/t17-,19?/m1/s1. The maximum absolute atomic E-state index is 13.4. The highest BCUT2D eigenvalue weighted by Gasteiger charge is 2.37. The predicted octanol–water partition coefficient (Wildman–Crippen LogP) is 1.76. The van der Waals surface area contributed by atoms with Crippen molar-refractivity contribution in [3.63, 3.8) is 0 Å². The van der Waals surface area contributed by atoms with Gasteiger partial charge in [-0.05, 0) is 44.4 Å². The predicted molar refractivity (Wildman–Crippen MR) is 130 cm³/mol. The minimum Gasteiger partial charge on any atom is -0.355 e. The SMILES string of the molecule is CN1CCN(C(C(=O)Nc2nnc(N[C@@H]3CCN(c4cccnn4)C3)s2)C2CCCC2)CC1. The topological polar surface area (TPSA) is 102 Å². The van der Waals surface area contributed by atoms with Crippen LogP contribution < -0.4 is 15.5 Å². The molecule has 33 heavy (non-hydrogen) atoms. The highest BCUT2D eigenvalue weighted by Crippen LogP contribution is 2.32. The molecule has 0 spiro atoms. The number of nitrogens with zero attached hydrogens (tertiary/aromatic N) is 7. The van der Waals surface area contributed by atoms with E-state index in [9.17, 15) is 4.79 Å². The van der Waals surface area contributed by atoms with Gasteiger partial charge in [-0.25, -0.2) is 0 Å². The number of hydrogen-bond acceptors (Lipinski definition) is 10. The summed E-state index contributed by atoms with van der Waals surface area (Å²) in [4.78, 5) is 20.3. The smallest absolute Gasteiger partial charge is 0.243 e. The average molecular weight is 472 g/mol. The third kappa shape index (κ3) is 5.42. The lowest BCUT2D eigenvalue weighted by molar-refractivity contribution is -0.124. The second-order valence-electron chi connectivity index (χ2n) is 9.39. The largest absolute Gasteiger partial charge is 0.355 e. The molecule has 2 saturated heterocycles. The first-order chi connectivity index (χ1) is 16.2. The number of hydrogen-bond donors (Lipinski definition) is 2. The molecule has 2 aromatic rings. The summed E-state index contributed by atoms with van der Waals surface area (Å²) in [6.45, 7) is 5.67. The molecule has 2 N–H and O–H groups in total. The number of anilines is 3. The number of aromatic nitrogens is 4. The summed E-state index contributed by atoms with van der Waals surface area (Å²) < 4.78 is 0. The van der Waals surface area contributed by atoms with Crippen LogP contribution in [-0.4, -0.2) is 94.5 Å². The van der Waals surface area contributed by atoms with E-state index in [0.29, 0.717) is 11.0 Å². The molecule has 1 amide bonds. The molecule has 0 aromatic carbocycles. The van der Waals surface area contributed by atoms with E-state index in [-0.39, 0.29) is 18.0 Å². The van der Waals surface area contributed by atoms with Gasteiger partial charge in [-0.2, -0.15) is 5.10 Å². The van der Waals surface area contributed by atoms with Crippen LogP contribution in [0.15, 0.2) is 18.3 Å². The molecule has 0 radical (unpaired) electrons. The molecule has 2 aliphatic heterocycles. The third-order valence-electron chi connectivity index (χ3n) is 7.10. The molecule has 0 bridgehead atoms. The van der Waals surface area contributed by atoms with Crippen LogP contribution in [0.1, 0.15) is 32.1 Å². The van der Waals surface area contributed by atoms with E-state index >= 15 is 0 Å². The zero-order valence-corrected chi connectivity index (χ0v) is 20.0. The zero-order chi connectivity index (χ0) is 22.6. The summed E-state index contributed by atoms with van der Waals surface area (Å²) in [7, 11) is 2.15. The Labute approximate surface area is 198 Å². The van der Waals surface area contributed by atoms with Gasteiger partial charge in [0, 0.05) is 51.5 Å². The van der Waals surface area contributed by atoms with Crippen molar-refractivity contribution < 1.29 is 4.79 Å². The van der Waals surface area contributed by atoms with Crippen molar-refractivity contribution in [2.75, 3.05) is 61.8 Å². The van der Waals surface area contributed by atoms with Gasteiger partial charge in [-0.15, -0.1) is 15.3 Å². The van der Waals surface area contributed by atoms with Crippen LogP contribution in [0.25, 0.3) is 0 Å². The molecular weight excluding hydrogens is 438 g/mol. The van der Waals surface area contributed by atoms with Gasteiger partial charge in [0.1, 0.15) is 0 Å². The molecule has 3 aliphatic rings. The van der Waals surface area contributed by atoms with Gasteiger partial charge in [0.2, 0.25) is 16.2 Å². The molecule has 2 aromatic heterocycles. The summed E-state index contributed by atoms with van der Waals surface area (Å²) in [6.07, 6.45) is 7.40. The molecule has 178 valence electrons. The molecular formula is C22H33N9OS. The van der Waals surface area contributed by atoms with Gasteiger partial charge < -0.3 is 15.1 Å². The molecule has 3 fully saturated rings. The van der Waals surface area contributed by atoms with Gasteiger partial charge in [0.25, 0.3) is 0 Å².